The zero-order chi connectivity index (χ0) is 13.3. The molecule has 6 nitrogen and oxygen atoms in total. The third kappa shape index (κ3) is 6.35. The van der Waals surface area contributed by atoms with Crippen LogP contribution in [0.15, 0.2) is 0 Å². The van der Waals surface area contributed by atoms with E-state index in [0.717, 1.165) is 12.8 Å². The average molecular weight is 245 g/mol. The van der Waals surface area contributed by atoms with Gasteiger partial charge in [-0.1, -0.05) is 6.42 Å². The Hall–Kier alpha value is -0.980. The van der Waals surface area contributed by atoms with Crippen LogP contribution < -0.4 is 16.4 Å². The Balaban J connectivity index is 4.18. The molecular weight excluding hydrogens is 222 g/mol. The predicted molar refractivity (Wildman–Crippen MR) is 65.4 cm³/mol. The Morgan fingerprint density at radius 3 is 2.53 bits per heavy atom. The summed E-state index contributed by atoms with van der Waals surface area (Å²) in [4.78, 5) is 22.4. The number of aldehydes is 1. The monoisotopic (exact) mass is 245 g/mol. The van der Waals surface area contributed by atoms with Crippen molar-refractivity contribution in [2.75, 3.05) is 13.6 Å². The maximum absolute atomic E-state index is 11.8. The number of carbonyl (C=O) groups is 2. The smallest absolute Gasteiger partial charge is 0.237 e. The van der Waals surface area contributed by atoms with Crippen LogP contribution in [0.2, 0.25) is 0 Å². The van der Waals surface area contributed by atoms with Crippen molar-refractivity contribution in [3.8, 4) is 0 Å². The molecule has 0 heterocycles. The van der Waals surface area contributed by atoms with Gasteiger partial charge < -0.3 is 26.3 Å². The minimum absolute atomic E-state index is 0.275. The number of carbonyl (C=O) groups excluding carboxylic acids is 2. The first-order valence-corrected chi connectivity index (χ1v) is 5.87. The summed E-state index contributed by atoms with van der Waals surface area (Å²) in [6, 6.07) is -1.21. The van der Waals surface area contributed by atoms with Crippen LogP contribution in [-0.2, 0) is 9.59 Å². The predicted octanol–water partition coefficient (Wildman–Crippen LogP) is -1.23. The topological polar surface area (TPSA) is 104 Å². The van der Waals surface area contributed by atoms with Gasteiger partial charge in [0.25, 0.3) is 0 Å². The van der Waals surface area contributed by atoms with Crippen molar-refractivity contribution in [1.29, 1.82) is 0 Å². The lowest BCUT2D eigenvalue weighted by molar-refractivity contribution is -0.127. The number of hydrogen-bond acceptors (Lipinski definition) is 5. The minimum atomic E-state index is -0.891. The molecule has 0 fully saturated rings. The third-order valence-corrected chi connectivity index (χ3v) is 2.59. The Morgan fingerprint density at radius 1 is 1.47 bits per heavy atom. The summed E-state index contributed by atoms with van der Waals surface area (Å²) in [7, 11) is 1.69. The van der Waals surface area contributed by atoms with E-state index in [1.807, 2.05) is 0 Å². The fourth-order valence-corrected chi connectivity index (χ4v) is 1.43. The van der Waals surface area contributed by atoms with Gasteiger partial charge in [0.15, 0.2) is 0 Å². The van der Waals surface area contributed by atoms with Crippen LogP contribution in [0.1, 0.15) is 26.2 Å². The van der Waals surface area contributed by atoms with Gasteiger partial charge in [-0.2, -0.15) is 0 Å². The van der Waals surface area contributed by atoms with Crippen LogP contribution in [0.3, 0.4) is 0 Å². The largest absolute Gasteiger partial charge is 0.391 e. The van der Waals surface area contributed by atoms with E-state index in [1.54, 1.807) is 7.05 Å². The van der Waals surface area contributed by atoms with Crippen LogP contribution in [0.25, 0.3) is 0 Å². The maximum atomic E-state index is 11.8. The first kappa shape index (κ1) is 16.0. The van der Waals surface area contributed by atoms with Crippen molar-refractivity contribution in [3.05, 3.63) is 0 Å². The van der Waals surface area contributed by atoms with Crippen LogP contribution in [0.4, 0.5) is 0 Å². The lowest BCUT2D eigenvalue weighted by Crippen LogP contribution is -2.50. The van der Waals surface area contributed by atoms with Crippen molar-refractivity contribution < 1.29 is 14.7 Å². The van der Waals surface area contributed by atoms with Gasteiger partial charge in [-0.25, -0.2) is 0 Å². The Kier molecular flexibility index (Phi) is 8.57. The quantitative estimate of drug-likeness (QED) is 0.301. The van der Waals surface area contributed by atoms with Gasteiger partial charge in [0.05, 0.1) is 12.1 Å². The summed E-state index contributed by atoms with van der Waals surface area (Å²) < 4.78 is 0. The van der Waals surface area contributed by atoms with E-state index < -0.39 is 12.1 Å². The molecular formula is C11H23N3O3. The molecule has 6 heteroatoms. The van der Waals surface area contributed by atoms with E-state index in [2.05, 4.69) is 10.6 Å². The van der Waals surface area contributed by atoms with Crippen molar-refractivity contribution in [3.63, 3.8) is 0 Å². The van der Waals surface area contributed by atoms with E-state index in [9.17, 15) is 14.7 Å². The molecule has 0 aliphatic rings. The van der Waals surface area contributed by atoms with Gasteiger partial charge in [0, 0.05) is 0 Å². The molecule has 3 atom stereocenters. The molecule has 0 radical (unpaired) electrons. The molecule has 1 amide bonds. The minimum Gasteiger partial charge on any atom is -0.391 e. The number of amides is 1. The molecule has 0 rings (SSSR count). The number of unbranched alkanes of at least 4 members (excludes halogenated alkanes) is 1. The van der Waals surface area contributed by atoms with E-state index in [1.165, 1.54) is 6.92 Å². The van der Waals surface area contributed by atoms with Gasteiger partial charge in [-0.3, -0.25) is 4.79 Å². The Labute approximate surface area is 102 Å². The van der Waals surface area contributed by atoms with Gasteiger partial charge in [-0.05, 0) is 33.4 Å². The summed E-state index contributed by atoms with van der Waals surface area (Å²) >= 11 is 0. The van der Waals surface area contributed by atoms with Gasteiger partial charge in [0.1, 0.15) is 12.3 Å². The Bertz CT molecular complexity index is 234. The lowest BCUT2D eigenvalue weighted by atomic mass is 10.1. The summed E-state index contributed by atoms with van der Waals surface area (Å²) in [5.41, 5.74) is 5.37. The van der Waals surface area contributed by atoms with Crippen molar-refractivity contribution in [2.24, 2.45) is 5.73 Å². The second-order valence-electron chi connectivity index (χ2n) is 4.04. The van der Waals surface area contributed by atoms with Crippen molar-refractivity contribution in [2.45, 2.75) is 44.4 Å². The first-order chi connectivity index (χ1) is 8.06. The SMILES string of the molecule is CNC(CCCCN)C(=O)NC(C=O)C(C)O. The molecule has 0 aromatic rings. The number of aliphatic hydroxyl groups excluding tert-OH is 1. The highest BCUT2D eigenvalue weighted by Gasteiger charge is 2.21. The number of rotatable bonds is 9. The van der Waals surface area contributed by atoms with Crippen LogP contribution in [-0.4, -0.2) is 49.1 Å². The highest BCUT2D eigenvalue weighted by Crippen LogP contribution is 2.01. The number of likely N-dealkylation sites (N-methyl/N-ethyl adjacent to an activating group) is 1. The molecule has 0 aromatic heterocycles. The van der Waals surface area contributed by atoms with Crippen LogP contribution in [0.5, 0.6) is 0 Å². The molecule has 3 unspecified atom stereocenters. The number of hydrogen-bond donors (Lipinski definition) is 4. The molecule has 0 aromatic carbocycles. The zero-order valence-corrected chi connectivity index (χ0v) is 10.5. The summed E-state index contributed by atoms with van der Waals surface area (Å²) in [6.07, 6.45) is 2.01. The van der Waals surface area contributed by atoms with Crippen molar-refractivity contribution in [1.82, 2.24) is 10.6 Å². The molecule has 5 N–H and O–H groups in total. The second-order valence-corrected chi connectivity index (χ2v) is 4.04. The fourth-order valence-electron chi connectivity index (χ4n) is 1.43. The average Bonchev–Trinajstić information content (AvgIpc) is 2.31. The number of aliphatic hydroxyl groups is 1. The van der Waals surface area contributed by atoms with Crippen LogP contribution in [0, 0.1) is 0 Å². The maximum Gasteiger partial charge on any atom is 0.237 e. The van der Waals surface area contributed by atoms with Gasteiger partial charge in [-0.15, -0.1) is 0 Å². The first-order valence-electron chi connectivity index (χ1n) is 5.87. The highest BCUT2D eigenvalue weighted by molar-refractivity contribution is 5.84. The standard InChI is InChI=1S/C11H23N3O3/c1-8(16)10(7-15)14-11(17)9(13-2)5-3-4-6-12/h7-10,13,16H,3-6,12H2,1-2H3,(H,14,17). The summed E-state index contributed by atoms with van der Waals surface area (Å²) in [5.74, 6) is -0.275. The van der Waals surface area contributed by atoms with Gasteiger partial charge in [0.2, 0.25) is 5.91 Å². The molecule has 0 saturated carbocycles. The number of nitrogens with two attached hydrogens (primary N) is 1. The fraction of sp³-hybridized carbons (Fsp3) is 0.818. The number of nitrogens with one attached hydrogen (secondary N) is 2. The van der Waals surface area contributed by atoms with Crippen molar-refractivity contribution >= 4 is 12.2 Å². The van der Waals surface area contributed by atoms with Crippen LogP contribution >= 0.6 is 0 Å². The molecule has 0 aliphatic heterocycles. The van der Waals surface area contributed by atoms with E-state index >= 15 is 0 Å². The molecule has 100 valence electrons. The van der Waals surface area contributed by atoms with E-state index in [-0.39, 0.29) is 11.9 Å². The molecule has 0 saturated heterocycles. The lowest BCUT2D eigenvalue weighted by Gasteiger charge is -2.20. The second kappa shape index (κ2) is 9.09. The van der Waals surface area contributed by atoms with Gasteiger partial charge >= 0.3 is 0 Å². The van der Waals surface area contributed by atoms with E-state index in [0.29, 0.717) is 19.3 Å². The molecule has 0 aliphatic carbocycles. The summed E-state index contributed by atoms with van der Waals surface area (Å²) in [5, 5.41) is 14.6. The molecule has 0 bridgehead atoms. The molecule has 17 heavy (non-hydrogen) atoms. The third-order valence-electron chi connectivity index (χ3n) is 2.59. The zero-order valence-electron chi connectivity index (χ0n) is 10.5. The Morgan fingerprint density at radius 2 is 2.12 bits per heavy atom. The normalized spacial score (nSPS) is 16.0. The molecule has 0 spiro atoms. The summed E-state index contributed by atoms with van der Waals surface area (Å²) in [6.45, 7) is 2.06. The highest BCUT2D eigenvalue weighted by atomic mass is 16.3. The van der Waals surface area contributed by atoms with E-state index in [4.69, 9.17) is 5.73 Å².